The van der Waals surface area contributed by atoms with E-state index in [1.54, 1.807) is 34.3 Å². The number of aryl methyl sites for hydroxylation is 2. The van der Waals surface area contributed by atoms with E-state index < -0.39 is 10.0 Å². The van der Waals surface area contributed by atoms with Crippen molar-refractivity contribution in [3.8, 4) is 0 Å². The van der Waals surface area contributed by atoms with Gasteiger partial charge in [-0.15, -0.1) is 11.3 Å². The van der Waals surface area contributed by atoms with Gasteiger partial charge in [0.1, 0.15) is 4.90 Å². The van der Waals surface area contributed by atoms with Crippen molar-refractivity contribution in [1.82, 2.24) is 19.1 Å². The van der Waals surface area contributed by atoms with E-state index in [9.17, 15) is 8.42 Å². The van der Waals surface area contributed by atoms with E-state index in [2.05, 4.69) is 10.1 Å². The van der Waals surface area contributed by atoms with Crippen molar-refractivity contribution in [3.63, 3.8) is 0 Å². The van der Waals surface area contributed by atoms with Gasteiger partial charge in [-0.05, 0) is 26.7 Å². The molecule has 1 fully saturated rings. The molecule has 8 heteroatoms. The van der Waals surface area contributed by atoms with E-state index in [0.717, 1.165) is 23.5 Å². The molecule has 3 heterocycles. The molecule has 1 saturated heterocycles. The SMILES string of the molecule is Cc1nc([C@H]2CCCN2S(=O)(=O)c2cnn(C)c2C)cs1. The Bertz CT molecular complexity index is 763. The predicted molar refractivity (Wildman–Crippen MR) is 80.7 cm³/mol. The second-order valence-corrected chi connectivity index (χ2v) is 8.20. The summed E-state index contributed by atoms with van der Waals surface area (Å²) in [5, 5.41) is 6.98. The first kappa shape index (κ1) is 14.7. The Kier molecular flexibility index (Phi) is 3.62. The predicted octanol–water partition coefficient (Wildman–Crippen LogP) is 2.02. The van der Waals surface area contributed by atoms with Crippen LogP contribution in [0.25, 0.3) is 0 Å². The summed E-state index contributed by atoms with van der Waals surface area (Å²) >= 11 is 1.56. The molecule has 0 aromatic carbocycles. The first-order valence-electron chi connectivity index (χ1n) is 6.83. The molecule has 0 aliphatic carbocycles. The zero-order chi connectivity index (χ0) is 15.2. The van der Waals surface area contributed by atoms with Crippen LogP contribution in [0.1, 0.15) is 35.3 Å². The first-order valence-corrected chi connectivity index (χ1v) is 9.15. The van der Waals surface area contributed by atoms with Gasteiger partial charge in [0.25, 0.3) is 0 Å². The van der Waals surface area contributed by atoms with Gasteiger partial charge in [0.2, 0.25) is 10.0 Å². The molecule has 0 N–H and O–H groups in total. The molecule has 1 aliphatic heterocycles. The van der Waals surface area contributed by atoms with Crippen molar-refractivity contribution in [2.45, 2.75) is 37.6 Å². The van der Waals surface area contributed by atoms with Crippen LogP contribution in [0.3, 0.4) is 0 Å². The van der Waals surface area contributed by atoms with Gasteiger partial charge in [0, 0.05) is 19.0 Å². The van der Waals surface area contributed by atoms with Gasteiger partial charge in [-0.25, -0.2) is 13.4 Å². The fourth-order valence-corrected chi connectivity index (χ4v) is 5.23. The second kappa shape index (κ2) is 5.19. The van der Waals surface area contributed by atoms with Gasteiger partial charge in [-0.1, -0.05) is 0 Å². The number of rotatable bonds is 3. The Labute approximate surface area is 128 Å². The molecule has 1 aliphatic rings. The molecular weight excluding hydrogens is 308 g/mol. The molecular formula is C13H18N4O2S2. The van der Waals surface area contributed by atoms with Crippen LogP contribution in [-0.4, -0.2) is 34.0 Å². The quantitative estimate of drug-likeness (QED) is 0.865. The lowest BCUT2D eigenvalue weighted by Crippen LogP contribution is -2.31. The summed E-state index contributed by atoms with van der Waals surface area (Å²) in [5.41, 5.74) is 1.52. The van der Waals surface area contributed by atoms with E-state index >= 15 is 0 Å². The van der Waals surface area contributed by atoms with Crippen LogP contribution < -0.4 is 0 Å². The summed E-state index contributed by atoms with van der Waals surface area (Å²) in [5.74, 6) is 0. The van der Waals surface area contributed by atoms with Crippen LogP contribution in [0.15, 0.2) is 16.5 Å². The molecule has 21 heavy (non-hydrogen) atoms. The fourth-order valence-electron chi connectivity index (χ4n) is 2.71. The molecule has 0 saturated carbocycles. The zero-order valence-electron chi connectivity index (χ0n) is 12.3. The monoisotopic (exact) mass is 326 g/mol. The lowest BCUT2D eigenvalue weighted by molar-refractivity contribution is 0.391. The maximum absolute atomic E-state index is 12.9. The minimum atomic E-state index is -3.52. The molecule has 0 spiro atoms. The largest absolute Gasteiger partial charge is 0.272 e. The summed E-state index contributed by atoms with van der Waals surface area (Å²) in [6, 6.07) is -0.153. The molecule has 2 aromatic rings. The second-order valence-electron chi connectivity index (χ2n) is 5.28. The highest BCUT2D eigenvalue weighted by Gasteiger charge is 2.38. The minimum absolute atomic E-state index is 0.153. The van der Waals surface area contributed by atoms with Gasteiger partial charge in [0.05, 0.1) is 28.6 Å². The van der Waals surface area contributed by atoms with Crippen LogP contribution in [-0.2, 0) is 17.1 Å². The number of thiazole rings is 1. The Morgan fingerprint density at radius 2 is 2.14 bits per heavy atom. The highest BCUT2D eigenvalue weighted by Crippen LogP contribution is 2.37. The molecule has 1 atom stereocenters. The summed E-state index contributed by atoms with van der Waals surface area (Å²) in [7, 11) is -1.77. The van der Waals surface area contributed by atoms with E-state index in [1.165, 1.54) is 6.20 Å². The molecule has 114 valence electrons. The van der Waals surface area contributed by atoms with E-state index in [4.69, 9.17) is 0 Å². The van der Waals surface area contributed by atoms with Crippen molar-refractivity contribution in [2.24, 2.45) is 7.05 Å². The van der Waals surface area contributed by atoms with Crippen molar-refractivity contribution in [2.75, 3.05) is 6.54 Å². The van der Waals surface area contributed by atoms with Crippen LogP contribution >= 0.6 is 11.3 Å². The summed E-state index contributed by atoms with van der Waals surface area (Å²) in [6.07, 6.45) is 3.12. The Morgan fingerprint density at radius 1 is 1.38 bits per heavy atom. The topological polar surface area (TPSA) is 68.1 Å². The van der Waals surface area contributed by atoms with Crippen molar-refractivity contribution >= 4 is 21.4 Å². The molecule has 6 nitrogen and oxygen atoms in total. The average Bonchev–Trinajstić information content (AvgIpc) is 3.11. The van der Waals surface area contributed by atoms with Crippen LogP contribution in [0.4, 0.5) is 0 Å². The standard InChI is InChI=1S/C13H18N4O2S2/c1-9-13(7-14-16(9)3)21(18,19)17-6-4-5-12(17)11-8-20-10(2)15-11/h7-8,12H,4-6H2,1-3H3/t12-/m1/s1. The Hall–Kier alpha value is -1.25. The van der Waals surface area contributed by atoms with Crippen LogP contribution in [0, 0.1) is 13.8 Å². The molecule has 0 radical (unpaired) electrons. The third kappa shape index (κ3) is 2.41. The van der Waals surface area contributed by atoms with Crippen molar-refractivity contribution < 1.29 is 8.42 Å². The van der Waals surface area contributed by atoms with Crippen molar-refractivity contribution in [3.05, 3.63) is 28.0 Å². The summed E-state index contributed by atoms with van der Waals surface area (Å²) in [4.78, 5) is 4.76. The molecule has 0 bridgehead atoms. The third-order valence-corrected chi connectivity index (χ3v) is 6.76. The van der Waals surface area contributed by atoms with E-state index in [1.807, 2.05) is 12.3 Å². The Morgan fingerprint density at radius 3 is 2.71 bits per heavy atom. The first-order chi connectivity index (χ1) is 9.91. The summed E-state index contributed by atoms with van der Waals surface area (Å²) < 4.78 is 29.0. The van der Waals surface area contributed by atoms with Gasteiger partial charge < -0.3 is 0 Å². The lowest BCUT2D eigenvalue weighted by atomic mass is 10.2. The number of sulfonamides is 1. The molecule has 0 unspecified atom stereocenters. The maximum Gasteiger partial charge on any atom is 0.247 e. The highest BCUT2D eigenvalue weighted by atomic mass is 32.2. The van der Waals surface area contributed by atoms with Gasteiger partial charge in [-0.2, -0.15) is 9.40 Å². The summed E-state index contributed by atoms with van der Waals surface area (Å²) in [6.45, 7) is 4.25. The highest BCUT2D eigenvalue weighted by molar-refractivity contribution is 7.89. The Balaban J connectivity index is 2.00. The van der Waals surface area contributed by atoms with Crippen LogP contribution in [0.2, 0.25) is 0 Å². The molecule has 3 rings (SSSR count). The minimum Gasteiger partial charge on any atom is -0.272 e. The van der Waals surface area contributed by atoms with E-state index in [0.29, 0.717) is 17.1 Å². The number of nitrogens with zero attached hydrogens (tertiary/aromatic N) is 4. The smallest absolute Gasteiger partial charge is 0.247 e. The molecule has 0 amide bonds. The van der Waals surface area contributed by atoms with Crippen LogP contribution in [0.5, 0.6) is 0 Å². The normalized spacial score (nSPS) is 20.2. The molecule has 2 aromatic heterocycles. The zero-order valence-corrected chi connectivity index (χ0v) is 13.9. The van der Waals surface area contributed by atoms with Crippen molar-refractivity contribution in [1.29, 1.82) is 0 Å². The number of hydrogen-bond donors (Lipinski definition) is 0. The average molecular weight is 326 g/mol. The maximum atomic E-state index is 12.9. The number of hydrogen-bond acceptors (Lipinski definition) is 5. The van der Waals surface area contributed by atoms with E-state index in [-0.39, 0.29) is 6.04 Å². The van der Waals surface area contributed by atoms with Gasteiger partial charge >= 0.3 is 0 Å². The van der Waals surface area contributed by atoms with Gasteiger partial charge in [0.15, 0.2) is 0 Å². The van der Waals surface area contributed by atoms with Gasteiger partial charge in [-0.3, -0.25) is 4.68 Å². The third-order valence-electron chi connectivity index (χ3n) is 3.96. The lowest BCUT2D eigenvalue weighted by Gasteiger charge is -2.22. The number of aromatic nitrogens is 3. The fraction of sp³-hybridized carbons (Fsp3) is 0.538.